The number of unbranched alkanes of at least 4 members (excludes halogenated alkanes) is 9. The Kier molecular flexibility index (Phi) is 15.1. The average Bonchev–Trinajstić information content (AvgIpc) is 2.58. The lowest BCUT2D eigenvalue weighted by atomic mass is 10.0. The Hall–Kier alpha value is -1.92. The van der Waals surface area contributed by atoms with Gasteiger partial charge in [0.25, 0.3) is 0 Å². The van der Waals surface area contributed by atoms with Gasteiger partial charge >= 0.3 is 11.9 Å². The number of carbonyl (C=O) groups excluding carboxylic acids is 2. The molecule has 0 saturated carbocycles. The number of amides is 1. The standard InChI is InChI=1S/C20H35NO6/c1-16(22)14-15-17(20(26)27)21-18(23)12-10-8-6-4-2-3-5-7-9-11-13-19(24)25/h17H,2-15H2,1H3,(H,21,23)(H,24,25)(H,26,27)/t17-/m1/s1. The van der Waals surface area contributed by atoms with E-state index in [0.29, 0.717) is 6.42 Å². The summed E-state index contributed by atoms with van der Waals surface area (Å²) < 4.78 is 0. The Bertz CT molecular complexity index is 463. The molecule has 0 radical (unpaired) electrons. The predicted molar refractivity (Wildman–Crippen MR) is 103 cm³/mol. The lowest BCUT2D eigenvalue weighted by molar-refractivity contribution is -0.142. The number of carboxylic acid groups (broad SMARTS) is 2. The summed E-state index contributed by atoms with van der Waals surface area (Å²) in [6.45, 7) is 1.40. The first-order valence-electron chi connectivity index (χ1n) is 10.1. The van der Waals surface area contributed by atoms with Gasteiger partial charge in [-0.25, -0.2) is 4.79 Å². The molecule has 0 aromatic rings. The van der Waals surface area contributed by atoms with Gasteiger partial charge in [-0.2, -0.15) is 0 Å². The van der Waals surface area contributed by atoms with Crippen molar-refractivity contribution in [3.8, 4) is 0 Å². The van der Waals surface area contributed by atoms with Crippen molar-refractivity contribution in [3.05, 3.63) is 0 Å². The van der Waals surface area contributed by atoms with Gasteiger partial charge in [0.05, 0.1) is 0 Å². The third kappa shape index (κ3) is 17.3. The van der Waals surface area contributed by atoms with Gasteiger partial charge in [-0.05, 0) is 26.2 Å². The Balaban J connectivity index is 3.55. The second-order valence-corrected chi connectivity index (χ2v) is 7.13. The van der Waals surface area contributed by atoms with E-state index in [2.05, 4.69) is 5.32 Å². The second-order valence-electron chi connectivity index (χ2n) is 7.13. The number of ketones is 1. The Morgan fingerprint density at radius 1 is 0.704 bits per heavy atom. The topological polar surface area (TPSA) is 121 Å². The minimum atomic E-state index is -1.10. The zero-order valence-corrected chi connectivity index (χ0v) is 16.5. The molecule has 1 amide bonds. The first-order valence-corrected chi connectivity index (χ1v) is 10.1. The van der Waals surface area contributed by atoms with Crippen LogP contribution in [0, 0.1) is 0 Å². The maximum absolute atomic E-state index is 11.8. The van der Waals surface area contributed by atoms with Gasteiger partial charge in [0.15, 0.2) is 0 Å². The summed E-state index contributed by atoms with van der Waals surface area (Å²) in [4.78, 5) is 44.2. The van der Waals surface area contributed by atoms with Crippen LogP contribution in [0.1, 0.15) is 96.8 Å². The monoisotopic (exact) mass is 385 g/mol. The van der Waals surface area contributed by atoms with Gasteiger partial charge in [0.2, 0.25) is 5.91 Å². The summed E-state index contributed by atoms with van der Waals surface area (Å²) in [7, 11) is 0. The molecule has 0 aliphatic rings. The van der Waals surface area contributed by atoms with Gasteiger partial charge in [-0.1, -0.05) is 51.4 Å². The van der Waals surface area contributed by atoms with Gasteiger partial charge in [-0.15, -0.1) is 0 Å². The number of Topliss-reactive ketones (excluding diaryl/α,β-unsaturated/α-hetero) is 1. The molecule has 0 bridgehead atoms. The lowest BCUT2D eigenvalue weighted by Gasteiger charge is -2.13. The molecule has 7 nitrogen and oxygen atoms in total. The zero-order valence-electron chi connectivity index (χ0n) is 16.5. The molecule has 0 aromatic carbocycles. The number of hydrogen-bond acceptors (Lipinski definition) is 4. The van der Waals surface area contributed by atoms with Crippen LogP contribution in [0.2, 0.25) is 0 Å². The van der Waals surface area contributed by atoms with Crippen LogP contribution in [0.15, 0.2) is 0 Å². The van der Waals surface area contributed by atoms with Crippen molar-refractivity contribution in [1.82, 2.24) is 5.32 Å². The Morgan fingerprint density at radius 2 is 1.15 bits per heavy atom. The van der Waals surface area contributed by atoms with Crippen molar-refractivity contribution in [2.24, 2.45) is 0 Å². The minimum Gasteiger partial charge on any atom is -0.481 e. The smallest absolute Gasteiger partial charge is 0.326 e. The SMILES string of the molecule is CC(=O)CC[C@@H](NC(=O)CCCCCCCCCCCCC(=O)O)C(=O)O. The van der Waals surface area contributed by atoms with Gasteiger partial charge in [0.1, 0.15) is 11.8 Å². The van der Waals surface area contributed by atoms with E-state index >= 15 is 0 Å². The van der Waals surface area contributed by atoms with Gasteiger partial charge in [-0.3, -0.25) is 9.59 Å². The van der Waals surface area contributed by atoms with Crippen LogP contribution in [0.4, 0.5) is 0 Å². The van der Waals surface area contributed by atoms with Crippen molar-refractivity contribution in [3.63, 3.8) is 0 Å². The fourth-order valence-electron chi connectivity index (χ4n) is 2.85. The number of nitrogens with one attached hydrogen (secondary N) is 1. The average molecular weight is 386 g/mol. The quantitative estimate of drug-likeness (QED) is 0.309. The minimum absolute atomic E-state index is 0.0873. The summed E-state index contributed by atoms with van der Waals surface area (Å²) in [5.41, 5.74) is 0. The van der Waals surface area contributed by atoms with E-state index in [4.69, 9.17) is 10.2 Å². The van der Waals surface area contributed by atoms with Crippen LogP contribution >= 0.6 is 0 Å². The highest BCUT2D eigenvalue weighted by molar-refractivity contribution is 5.84. The maximum Gasteiger partial charge on any atom is 0.326 e. The summed E-state index contributed by atoms with van der Waals surface area (Å²) in [6.07, 6.45) is 11.0. The van der Waals surface area contributed by atoms with Crippen LogP contribution in [0.25, 0.3) is 0 Å². The molecular weight excluding hydrogens is 350 g/mol. The van der Waals surface area contributed by atoms with Crippen LogP contribution in [-0.4, -0.2) is 39.9 Å². The molecule has 7 heteroatoms. The highest BCUT2D eigenvalue weighted by Crippen LogP contribution is 2.12. The molecule has 1 atom stereocenters. The Morgan fingerprint density at radius 3 is 1.56 bits per heavy atom. The molecule has 27 heavy (non-hydrogen) atoms. The van der Waals surface area contributed by atoms with E-state index in [1.165, 1.54) is 6.92 Å². The molecule has 0 fully saturated rings. The highest BCUT2D eigenvalue weighted by Gasteiger charge is 2.19. The molecule has 0 unspecified atom stereocenters. The predicted octanol–water partition coefficient (Wildman–Crippen LogP) is 3.69. The largest absolute Gasteiger partial charge is 0.481 e. The van der Waals surface area contributed by atoms with E-state index in [1.807, 2.05) is 0 Å². The van der Waals surface area contributed by atoms with Gasteiger partial charge < -0.3 is 20.3 Å². The van der Waals surface area contributed by atoms with E-state index in [-0.39, 0.29) is 31.0 Å². The van der Waals surface area contributed by atoms with Crippen molar-refractivity contribution >= 4 is 23.6 Å². The van der Waals surface area contributed by atoms with Crippen molar-refractivity contribution in [1.29, 1.82) is 0 Å². The number of hydrogen-bond donors (Lipinski definition) is 3. The number of rotatable bonds is 18. The summed E-state index contributed by atoms with van der Waals surface area (Å²) in [6, 6.07) is -0.989. The molecule has 0 aliphatic carbocycles. The fraction of sp³-hybridized carbons (Fsp3) is 0.800. The molecule has 0 spiro atoms. The molecule has 0 heterocycles. The van der Waals surface area contributed by atoms with Crippen LogP contribution in [0.5, 0.6) is 0 Å². The molecule has 3 N–H and O–H groups in total. The molecular formula is C20H35NO6. The van der Waals surface area contributed by atoms with E-state index in [9.17, 15) is 19.2 Å². The van der Waals surface area contributed by atoms with Crippen molar-refractivity contribution in [2.45, 2.75) is 103 Å². The Labute approximate surface area is 161 Å². The molecule has 0 saturated heterocycles. The maximum atomic E-state index is 11.8. The molecule has 0 aromatic heterocycles. The summed E-state index contributed by atoms with van der Waals surface area (Å²) >= 11 is 0. The van der Waals surface area contributed by atoms with E-state index in [1.54, 1.807) is 0 Å². The number of carbonyl (C=O) groups is 4. The normalized spacial score (nSPS) is 11.7. The fourth-order valence-corrected chi connectivity index (χ4v) is 2.85. The second kappa shape index (κ2) is 16.3. The van der Waals surface area contributed by atoms with Crippen LogP contribution in [0.3, 0.4) is 0 Å². The third-order valence-corrected chi connectivity index (χ3v) is 4.46. The van der Waals surface area contributed by atoms with E-state index in [0.717, 1.165) is 64.2 Å². The van der Waals surface area contributed by atoms with Gasteiger partial charge in [0, 0.05) is 19.3 Å². The summed E-state index contributed by atoms with van der Waals surface area (Å²) in [5.74, 6) is -2.19. The molecule has 0 aliphatic heterocycles. The molecule has 0 rings (SSSR count). The van der Waals surface area contributed by atoms with Crippen LogP contribution in [-0.2, 0) is 19.2 Å². The van der Waals surface area contributed by atoms with E-state index < -0.39 is 18.0 Å². The lowest BCUT2D eigenvalue weighted by Crippen LogP contribution is -2.40. The third-order valence-electron chi connectivity index (χ3n) is 4.46. The number of carboxylic acids is 2. The number of aliphatic carboxylic acids is 2. The van der Waals surface area contributed by atoms with Crippen molar-refractivity contribution in [2.75, 3.05) is 0 Å². The first-order chi connectivity index (χ1) is 12.8. The zero-order chi connectivity index (χ0) is 20.5. The van der Waals surface area contributed by atoms with Crippen LogP contribution < -0.4 is 5.32 Å². The van der Waals surface area contributed by atoms with Crippen molar-refractivity contribution < 1.29 is 29.4 Å². The summed E-state index contributed by atoms with van der Waals surface area (Å²) in [5, 5.41) is 20.1. The highest BCUT2D eigenvalue weighted by atomic mass is 16.4. The first kappa shape index (κ1) is 25.1. The molecule has 156 valence electrons.